The fourth-order valence-corrected chi connectivity index (χ4v) is 2.58. The van der Waals surface area contributed by atoms with E-state index in [2.05, 4.69) is 19.2 Å². The number of hydrogen-bond donors (Lipinski definition) is 1. The van der Waals surface area contributed by atoms with Crippen molar-refractivity contribution in [3.8, 4) is 0 Å². The number of benzene rings is 1. The van der Waals surface area contributed by atoms with E-state index in [0.717, 1.165) is 5.56 Å². The Morgan fingerprint density at radius 3 is 2.62 bits per heavy atom. The summed E-state index contributed by atoms with van der Waals surface area (Å²) in [6.45, 7) is 4.75. The van der Waals surface area contributed by atoms with Crippen LogP contribution in [0.25, 0.3) is 0 Å². The van der Waals surface area contributed by atoms with Crippen molar-refractivity contribution in [2.45, 2.75) is 39.0 Å². The van der Waals surface area contributed by atoms with Gasteiger partial charge >= 0.3 is 0 Å². The van der Waals surface area contributed by atoms with Gasteiger partial charge < -0.3 is 14.8 Å². The molecule has 0 fully saturated rings. The van der Waals surface area contributed by atoms with Gasteiger partial charge in [0.2, 0.25) is 5.91 Å². The van der Waals surface area contributed by atoms with Crippen molar-refractivity contribution in [2.75, 3.05) is 7.11 Å². The summed E-state index contributed by atoms with van der Waals surface area (Å²) < 4.78 is 11.3. The van der Waals surface area contributed by atoms with Crippen molar-refractivity contribution in [2.24, 2.45) is 5.92 Å². The summed E-state index contributed by atoms with van der Waals surface area (Å²) in [5, 5.41) is 2.98. The minimum absolute atomic E-state index is 0.0481. The first-order valence-corrected chi connectivity index (χ1v) is 7.30. The summed E-state index contributed by atoms with van der Waals surface area (Å²) >= 11 is 0. The van der Waals surface area contributed by atoms with Gasteiger partial charge in [-0.25, -0.2) is 0 Å². The average Bonchev–Trinajstić information content (AvgIpc) is 2.47. The Morgan fingerprint density at radius 2 is 2.00 bits per heavy atom. The van der Waals surface area contributed by atoms with Crippen molar-refractivity contribution in [3.63, 3.8) is 0 Å². The Balaban J connectivity index is 2.02. The highest BCUT2D eigenvalue weighted by Crippen LogP contribution is 2.22. The van der Waals surface area contributed by atoms with Crippen LogP contribution in [0.3, 0.4) is 0 Å². The Bertz CT molecular complexity index is 496. The molecule has 0 spiro atoms. The number of carbonyl (C=O) groups is 1. The standard InChI is InChI=1S/C17H23NO3/c1-12(2)17(21-11-13-7-5-4-6-8-13)15-9-14(20-3)10-16(19)18-15/h4-8,10,12,15,17H,9,11H2,1-3H3,(H,18,19)/t15-,17+/m1/s1. The summed E-state index contributed by atoms with van der Waals surface area (Å²) in [6, 6.07) is 10.0. The lowest BCUT2D eigenvalue weighted by atomic mass is 9.94. The first-order valence-electron chi connectivity index (χ1n) is 7.30. The van der Waals surface area contributed by atoms with Gasteiger partial charge in [-0.05, 0) is 11.5 Å². The molecule has 2 rings (SSSR count). The van der Waals surface area contributed by atoms with E-state index in [1.165, 1.54) is 6.08 Å². The summed E-state index contributed by atoms with van der Waals surface area (Å²) in [4.78, 5) is 11.7. The molecule has 1 N–H and O–H groups in total. The number of rotatable bonds is 6. The van der Waals surface area contributed by atoms with Gasteiger partial charge in [-0.2, -0.15) is 0 Å². The molecule has 0 aliphatic carbocycles. The molecule has 2 atom stereocenters. The fourth-order valence-electron chi connectivity index (χ4n) is 2.58. The molecule has 0 unspecified atom stereocenters. The maximum absolute atomic E-state index is 11.7. The lowest BCUT2D eigenvalue weighted by Gasteiger charge is -2.33. The van der Waals surface area contributed by atoms with E-state index in [1.807, 2.05) is 30.3 Å². The van der Waals surface area contributed by atoms with E-state index in [9.17, 15) is 4.79 Å². The van der Waals surface area contributed by atoms with Crippen LogP contribution in [0.5, 0.6) is 0 Å². The summed E-state index contributed by atoms with van der Waals surface area (Å²) in [5.41, 5.74) is 1.13. The van der Waals surface area contributed by atoms with Crippen molar-refractivity contribution >= 4 is 5.91 Å². The van der Waals surface area contributed by atoms with Crippen LogP contribution in [-0.4, -0.2) is 25.2 Å². The first kappa shape index (κ1) is 15.6. The van der Waals surface area contributed by atoms with Crippen LogP contribution in [0.4, 0.5) is 0 Å². The second-order valence-electron chi connectivity index (χ2n) is 5.64. The average molecular weight is 289 g/mol. The predicted molar refractivity (Wildman–Crippen MR) is 81.5 cm³/mol. The van der Waals surface area contributed by atoms with Gasteiger partial charge in [0.15, 0.2) is 0 Å². The van der Waals surface area contributed by atoms with Gasteiger partial charge in [0, 0.05) is 12.5 Å². The highest BCUT2D eigenvalue weighted by molar-refractivity contribution is 5.89. The number of methoxy groups -OCH3 is 1. The van der Waals surface area contributed by atoms with Crippen LogP contribution in [0.1, 0.15) is 25.8 Å². The zero-order chi connectivity index (χ0) is 15.2. The highest BCUT2D eigenvalue weighted by atomic mass is 16.5. The van der Waals surface area contributed by atoms with Crippen LogP contribution >= 0.6 is 0 Å². The molecule has 4 heteroatoms. The minimum Gasteiger partial charge on any atom is -0.501 e. The topological polar surface area (TPSA) is 47.6 Å². The quantitative estimate of drug-likeness (QED) is 0.876. The van der Waals surface area contributed by atoms with Crippen molar-refractivity contribution < 1.29 is 14.3 Å². The first-order chi connectivity index (χ1) is 10.1. The van der Waals surface area contributed by atoms with Crippen molar-refractivity contribution in [1.82, 2.24) is 5.32 Å². The molecule has 0 saturated carbocycles. The van der Waals surface area contributed by atoms with Crippen LogP contribution in [-0.2, 0) is 20.9 Å². The van der Waals surface area contributed by atoms with E-state index < -0.39 is 0 Å². The Hall–Kier alpha value is -1.81. The van der Waals surface area contributed by atoms with Crippen LogP contribution in [0.15, 0.2) is 42.2 Å². The van der Waals surface area contributed by atoms with Crippen LogP contribution in [0.2, 0.25) is 0 Å². The molecular formula is C17H23NO3. The van der Waals surface area contributed by atoms with E-state index in [-0.39, 0.29) is 18.1 Å². The van der Waals surface area contributed by atoms with Gasteiger partial charge in [0.25, 0.3) is 0 Å². The van der Waals surface area contributed by atoms with Gasteiger partial charge in [-0.15, -0.1) is 0 Å². The Kier molecular flexibility index (Phi) is 5.39. The zero-order valence-electron chi connectivity index (χ0n) is 12.8. The van der Waals surface area contributed by atoms with E-state index in [0.29, 0.717) is 24.7 Å². The molecule has 0 bridgehead atoms. The molecule has 1 aromatic rings. The summed E-state index contributed by atoms with van der Waals surface area (Å²) in [5.74, 6) is 0.894. The van der Waals surface area contributed by atoms with Gasteiger partial charge in [0.1, 0.15) is 5.76 Å². The number of hydrogen-bond acceptors (Lipinski definition) is 3. The SMILES string of the molecule is COC1=CC(=O)N[C@@H]([C@@H](OCc2ccccc2)C(C)C)C1. The number of amides is 1. The lowest BCUT2D eigenvalue weighted by Crippen LogP contribution is -2.48. The van der Waals surface area contributed by atoms with E-state index in [4.69, 9.17) is 9.47 Å². The molecule has 21 heavy (non-hydrogen) atoms. The third-order valence-electron chi connectivity index (χ3n) is 3.64. The molecule has 1 aliphatic rings. The molecule has 0 saturated heterocycles. The van der Waals surface area contributed by atoms with Crippen molar-refractivity contribution in [3.05, 3.63) is 47.7 Å². The summed E-state index contributed by atoms with van der Waals surface area (Å²) in [6.07, 6.45) is 2.12. The molecule has 1 aromatic carbocycles. The lowest BCUT2D eigenvalue weighted by molar-refractivity contribution is -0.120. The molecule has 1 heterocycles. The number of carbonyl (C=O) groups excluding carboxylic acids is 1. The second kappa shape index (κ2) is 7.27. The molecule has 0 radical (unpaired) electrons. The third kappa shape index (κ3) is 4.33. The van der Waals surface area contributed by atoms with E-state index in [1.54, 1.807) is 7.11 Å². The largest absolute Gasteiger partial charge is 0.501 e. The molecule has 1 aliphatic heterocycles. The summed E-state index contributed by atoms with van der Waals surface area (Å²) in [7, 11) is 1.59. The Labute approximate surface area is 126 Å². The third-order valence-corrected chi connectivity index (χ3v) is 3.64. The van der Waals surface area contributed by atoms with Crippen LogP contribution < -0.4 is 5.32 Å². The normalized spacial score (nSPS) is 19.9. The van der Waals surface area contributed by atoms with Crippen molar-refractivity contribution in [1.29, 1.82) is 0 Å². The fraction of sp³-hybridized carbons (Fsp3) is 0.471. The van der Waals surface area contributed by atoms with Gasteiger partial charge in [-0.3, -0.25) is 4.79 Å². The predicted octanol–water partition coefficient (Wildman–Crippen LogP) is 2.65. The molecule has 114 valence electrons. The highest BCUT2D eigenvalue weighted by Gasteiger charge is 2.30. The second-order valence-corrected chi connectivity index (χ2v) is 5.64. The minimum atomic E-state index is -0.114. The van der Waals surface area contributed by atoms with Gasteiger partial charge in [-0.1, -0.05) is 44.2 Å². The maximum atomic E-state index is 11.7. The van der Waals surface area contributed by atoms with E-state index >= 15 is 0 Å². The molecule has 0 aromatic heterocycles. The molecule has 1 amide bonds. The molecular weight excluding hydrogens is 266 g/mol. The van der Waals surface area contributed by atoms with Gasteiger partial charge in [0.05, 0.1) is 25.9 Å². The zero-order valence-corrected chi connectivity index (χ0v) is 12.8. The number of ether oxygens (including phenoxy) is 2. The smallest absolute Gasteiger partial charge is 0.247 e. The Morgan fingerprint density at radius 1 is 1.29 bits per heavy atom. The monoisotopic (exact) mass is 289 g/mol. The maximum Gasteiger partial charge on any atom is 0.247 e. The number of nitrogens with one attached hydrogen (secondary N) is 1. The molecule has 4 nitrogen and oxygen atoms in total. The van der Waals surface area contributed by atoms with Crippen LogP contribution in [0, 0.1) is 5.92 Å².